The maximum atomic E-state index is 13.5. The van der Waals surface area contributed by atoms with Gasteiger partial charge in [0.2, 0.25) is 12.7 Å². The average molecular weight is 535 g/mol. The first kappa shape index (κ1) is 25.5. The summed E-state index contributed by atoms with van der Waals surface area (Å²) < 4.78 is 17.8. The molecule has 10 nitrogen and oxygen atoms in total. The molecule has 10 heteroatoms. The van der Waals surface area contributed by atoms with Crippen LogP contribution in [0.4, 0.5) is 0 Å². The molecule has 4 N–H and O–H groups in total. The average Bonchev–Trinajstić information content (AvgIpc) is 3.51. The van der Waals surface area contributed by atoms with Crippen LogP contribution in [0.5, 0.6) is 17.2 Å². The van der Waals surface area contributed by atoms with Gasteiger partial charge in [0.05, 0.1) is 23.3 Å². The van der Waals surface area contributed by atoms with E-state index in [4.69, 9.17) is 14.2 Å². The van der Waals surface area contributed by atoms with Gasteiger partial charge in [-0.25, -0.2) is 0 Å². The van der Waals surface area contributed by atoms with Gasteiger partial charge in [0.1, 0.15) is 17.4 Å². The number of nitrogens with one attached hydrogen (secondary N) is 3. The van der Waals surface area contributed by atoms with Crippen LogP contribution in [-0.4, -0.2) is 58.5 Å². The third-order valence-electron chi connectivity index (χ3n) is 7.83. The highest BCUT2D eigenvalue weighted by Crippen LogP contribution is 2.49. The predicted molar refractivity (Wildman–Crippen MR) is 144 cm³/mol. The smallest absolute Gasteiger partial charge is 0.255 e. The summed E-state index contributed by atoms with van der Waals surface area (Å²) in [6.45, 7) is 4.13. The van der Waals surface area contributed by atoms with Crippen LogP contribution in [0.1, 0.15) is 61.5 Å². The van der Waals surface area contributed by atoms with Gasteiger partial charge in [-0.15, -0.1) is 0 Å². The van der Waals surface area contributed by atoms with E-state index in [2.05, 4.69) is 20.6 Å². The number of hydrogen-bond donors (Lipinski definition) is 4. The topological polar surface area (TPSA) is 135 Å². The minimum absolute atomic E-state index is 0.00453. The zero-order valence-electron chi connectivity index (χ0n) is 22.2. The van der Waals surface area contributed by atoms with Crippen molar-refractivity contribution in [1.82, 2.24) is 20.6 Å². The first-order valence-corrected chi connectivity index (χ1v) is 13.7. The Morgan fingerprint density at radius 2 is 1.85 bits per heavy atom. The van der Waals surface area contributed by atoms with Gasteiger partial charge in [0.25, 0.3) is 5.91 Å². The lowest BCUT2D eigenvalue weighted by atomic mass is 9.90. The number of ether oxygens (including phenoxy) is 3. The van der Waals surface area contributed by atoms with Crippen molar-refractivity contribution < 1.29 is 28.9 Å². The number of pyridine rings is 1. The van der Waals surface area contributed by atoms with Crippen molar-refractivity contribution in [3.8, 4) is 28.4 Å². The van der Waals surface area contributed by atoms with Crippen molar-refractivity contribution in [3.63, 3.8) is 0 Å². The number of benzene rings is 1. The largest absolute Gasteiger partial charge is 0.493 e. The molecule has 6 rings (SSSR count). The molecule has 0 saturated heterocycles. The van der Waals surface area contributed by atoms with E-state index < -0.39 is 6.10 Å². The maximum Gasteiger partial charge on any atom is 0.255 e. The summed E-state index contributed by atoms with van der Waals surface area (Å²) in [7, 11) is 0. The molecule has 2 saturated carbocycles. The molecule has 1 aromatic carbocycles. The second-order valence-corrected chi connectivity index (χ2v) is 10.8. The summed E-state index contributed by atoms with van der Waals surface area (Å²) in [5, 5.41) is 15.5. The maximum absolute atomic E-state index is 13.5. The van der Waals surface area contributed by atoms with Crippen molar-refractivity contribution in [3.05, 3.63) is 35.7 Å². The highest BCUT2D eigenvalue weighted by molar-refractivity contribution is 6.10. The van der Waals surface area contributed by atoms with Crippen LogP contribution in [0, 0.1) is 12.8 Å². The van der Waals surface area contributed by atoms with Gasteiger partial charge in [-0.1, -0.05) is 0 Å². The number of aromatic amines is 1. The Morgan fingerprint density at radius 1 is 1.10 bits per heavy atom. The summed E-state index contributed by atoms with van der Waals surface area (Å²) in [6, 6.07) is 5.70. The minimum atomic E-state index is -1.03. The Labute approximate surface area is 226 Å². The summed E-state index contributed by atoms with van der Waals surface area (Å²) in [4.78, 5) is 33.3. The van der Waals surface area contributed by atoms with Crippen molar-refractivity contribution >= 4 is 22.8 Å². The van der Waals surface area contributed by atoms with Crippen LogP contribution in [0.15, 0.2) is 24.4 Å². The molecule has 0 radical (unpaired) electrons. The Kier molecular flexibility index (Phi) is 6.80. The summed E-state index contributed by atoms with van der Waals surface area (Å²) in [6.07, 6.45) is 6.02. The number of H-pyrrole nitrogens is 1. The number of carbonyl (C=O) groups excluding carboxylic acids is 2. The van der Waals surface area contributed by atoms with E-state index in [-0.39, 0.29) is 30.7 Å². The molecular formula is C29H34N4O6. The number of fused-ring (bicyclic) bond motifs is 2. The molecule has 2 amide bonds. The Bertz CT molecular complexity index is 1400. The quantitative estimate of drug-likeness (QED) is 0.347. The van der Waals surface area contributed by atoms with E-state index in [1.807, 2.05) is 25.1 Å². The number of aryl methyl sites for hydroxylation is 1. The fourth-order valence-corrected chi connectivity index (χ4v) is 5.47. The van der Waals surface area contributed by atoms with E-state index in [0.717, 1.165) is 53.8 Å². The van der Waals surface area contributed by atoms with Crippen LogP contribution in [0.3, 0.4) is 0 Å². The van der Waals surface area contributed by atoms with Crippen molar-refractivity contribution in [1.29, 1.82) is 0 Å². The number of aliphatic hydroxyl groups excluding tert-OH is 1. The predicted octanol–water partition coefficient (Wildman–Crippen LogP) is 3.59. The minimum Gasteiger partial charge on any atom is -0.493 e. The van der Waals surface area contributed by atoms with Crippen molar-refractivity contribution in [2.24, 2.45) is 5.92 Å². The number of aromatic nitrogens is 2. The number of rotatable bonds is 8. The SMILES string of the molecule is Cc1[nH]c2c(-c3c(OCC4CC4)ccc4c3OCO4)ccnc2c1C(=O)NC1CCC(NC(=O)[C@H](C)O)CC1. The van der Waals surface area contributed by atoms with Gasteiger partial charge in [-0.3, -0.25) is 14.6 Å². The van der Waals surface area contributed by atoms with Crippen LogP contribution in [0.2, 0.25) is 0 Å². The number of amides is 2. The van der Waals surface area contributed by atoms with Crippen LogP contribution >= 0.6 is 0 Å². The Balaban J connectivity index is 1.25. The zero-order chi connectivity index (χ0) is 27.1. The second-order valence-electron chi connectivity index (χ2n) is 10.8. The molecule has 2 fully saturated rings. The molecule has 206 valence electrons. The molecule has 0 spiro atoms. The molecule has 2 aliphatic carbocycles. The number of hydrogen-bond acceptors (Lipinski definition) is 7. The molecule has 1 atom stereocenters. The molecule has 3 aliphatic rings. The molecule has 3 aromatic rings. The molecule has 1 aliphatic heterocycles. The summed E-state index contributed by atoms with van der Waals surface area (Å²) in [5.74, 6) is 2.07. The number of nitrogens with zero attached hydrogens (tertiary/aromatic N) is 1. The van der Waals surface area contributed by atoms with E-state index >= 15 is 0 Å². The van der Waals surface area contributed by atoms with Crippen molar-refractivity contribution in [2.45, 2.75) is 70.6 Å². The molecule has 0 bridgehead atoms. The van der Waals surface area contributed by atoms with E-state index in [1.54, 1.807) is 6.20 Å². The highest BCUT2D eigenvalue weighted by Gasteiger charge is 2.30. The fourth-order valence-electron chi connectivity index (χ4n) is 5.47. The van der Waals surface area contributed by atoms with Crippen LogP contribution in [0.25, 0.3) is 22.2 Å². The van der Waals surface area contributed by atoms with Crippen LogP contribution < -0.4 is 24.8 Å². The second kappa shape index (κ2) is 10.4. The Morgan fingerprint density at radius 3 is 2.56 bits per heavy atom. The summed E-state index contributed by atoms with van der Waals surface area (Å²) >= 11 is 0. The lowest BCUT2D eigenvalue weighted by Crippen LogP contribution is -2.46. The third kappa shape index (κ3) is 5.13. The lowest BCUT2D eigenvalue weighted by Gasteiger charge is -2.30. The van der Waals surface area contributed by atoms with E-state index in [1.165, 1.54) is 19.8 Å². The van der Waals surface area contributed by atoms with Gasteiger partial charge in [-0.05, 0) is 76.5 Å². The molecule has 2 aromatic heterocycles. The molecular weight excluding hydrogens is 500 g/mol. The standard InChI is InChI=1S/C29H34N4O6/c1-15-23(29(36)33-19-7-5-18(6-8-19)32-28(35)16(2)34)26-25(31-15)20(11-12-30-26)24-21(37-13-17-3-4-17)9-10-22-27(24)39-14-38-22/h9-12,16-19,31,34H,3-8,13-14H2,1-2H3,(H,32,35)(H,33,36)/t16-,18?,19?/m0/s1. The third-order valence-corrected chi connectivity index (χ3v) is 7.83. The van der Waals surface area contributed by atoms with Crippen LogP contribution in [-0.2, 0) is 4.79 Å². The highest BCUT2D eigenvalue weighted by atomic mass is 16.7. The number of carbonyl (C=O) groups is 2. The van der Waals surface area contributed by atoms with E-state index in [9.17, 15) is 14.7 Å². The van der Waals surface area contributed by atoms with Gasteiger partial charge in [-0.2, -0.15) is 0 Å². The molecule has 3 heterocycles. The van der Waals surface area contributed by atoms with Gasteiger partial charge in [0, 0.05) is 29.5 Å². The fraction of sp³-hybridized carbons (Fsp3) is 0.483. The summed E-state index contributed by atoms with van der Waals surface area (Å²) in [5.41, 5.74) is 4.20. The van der Waals surface area contributed by atoms with Gasteiger partial charge < -0.3 is 34.9 Å². The molecule has 39 heavy (non-hydrogen) atoms. The monoisotopic (exact) mass is 534 g/mol. The Hall–Kier alpha value is -3.79. The van der Waals surface area contributed by atoms with Gasteiger partial charge >= 0.3 is 0 Å². The lowest BCUT2D eigenvalue weighted by molar-refractivity contribution is -0.129. The first-order valence-electron chi connectivity index (χ1n) is 13.7. The van der Waals surface area contributed by atoms with Gasteiger partial charge in [0.15, 0.2) is 11.5 Å². The number of aliphatic hydroxyl groups is 1. The first-order chi connectivity index (χ1) is 18.9. The van der Waals surface area contributed by atoms with Crippen molar-refractivity contribution in [2.75, 3.05) is 13.4 Å². The molecule has 0 unspecified atom stereocenters. The zero-order valence-corrected chi connectivity index (χ0v) is 22.2. The normalized spacial score (nSPS) is 21.0. The van der Waals surface area contributed by atoms with E-state index in [0.29, 0.717) is 35.1 Å².